The van der Waals surface area contributed by atoms with Crippen molar-refractivity contribution in [2.75, 3.05) is 11.9 Å². The second-order valence-electron chi connectivity index (χ2n) is 4.22. The summed E-state index contributed by atoms with van der Waals surface area (Å²) < 4.78 is 0. The molecular formula is C11H14N4O3. The fraction of sp³-hybridized carbons (Fsp3) is 0.455. The van der Waals surface area contributed by atoms with Crippen molar-refractivity contribution in [1.29, 1.82) is 0 Å². The normalized spacial score (nSPS) is 22.8. The molecule has 18 heavy (non-hydrogen) atoms. The monoisotopic (exact) mass is 250 g/mol. The van der Waals surface area contributed by atoms with Crippen molar-refractivity contribution < 1.29 is 14.7 Å². The number of aliphatic carboxylic acids is 1. The van der Waals surface area contributed by atoms with Gasteiger partial charge in [0.2, 0.25) is 0 Å². The van der Waals surface area contributed by atoms with Crippen molar-refractivity contribution >= 4 is 17.7 Å². The van der Waals surface area contributed by atoms with E-state index in [1.54, 1.807) is 6.92 Å². The van der Waals surface area contributed by atoms with E-state index in [-0.39, 0.29) is 12.1 Å². The molecule has 2 N–H and O–H groups in total. The first-order valence-electron chi connectivity index (χ1n) is 5.65. The van der Waals surface area contributed by atoms with Gasteiger partial charge in [0.25, 0.3) is 0 Å². The summed E-state index contributed by atoms with van der Waals surface area (Å²) >= 11 is 0. The predicted molar refractivity (Wildman–Crippen MR) is 63.0 cm³/mol. The molecule has 0 bridgehead atoms. The largest absolute Gasteiger partial charge is 0.481 e. The molecule has 2 rings (SSSR count). The van der Waals surface area contributed by atoms with Gasteiger partial charge in [-0.05, 0) is 13.3 Å². The Labute approximate surface area is 104 Å². The van der Waals surface area contributed by atoms with Gasteiger partial charge in [0.1, 0.15) is 6.33 Å². The molecule has 1 saturated heterocycles. The number of nitrogens with zero attached hydrogens (tertiary/aromatic N) is 3. The maximum Gasteiger partial charge on any atom is 0.322 e. The van der Waals surface area contributed by atoms with Gasteiger partial charge in [-0.1, -0.05) is 0 Å². The number of hydrogen-bond acceptors (Lipinski definition) is 4. The van der Waals surface area contributed by atoms with Crippen molar-refractivity contribution in [1.82, 2.24) is 14.9 Å². The lowest BCUT2D eigenvalue weighted by Crippen LogP contribution is -2.40. The van der Waals surface area contributed by atoms with Crippen molar-refractivity contribution in [3.8, 4) is 0 Å². The third kappa shape index (κ3) is 2.39. The minimum Gasteiger partial charge on any atom is -0.481 e. The lowest BCUT2D eigenvalue weighted by atomic mass is 10.0. The van der Waals surface area contributed by atoms with Gasteiger partial charge in [-0.15, -0.1) is 0 Å². The maximum absolute atomic E-state index is 12.0. The maximum atomic E-state index is 12.0. The first kappa shape index (κ1) is 12.3. The molecule has 96 valence electrons. The van der Waals surface area contributed by atoms with Crippen molar-refractivity contribution in [2.24, 2.45) is 5.92 Å². The van der Waals surface area contributed by atoms with Crippen molar-refractivity contribution in [3.63, 3.8) is 0 Å². The number of carbonyl (C=O) groups excluding carboxylic acids is 1. The number of rotatable bonds is 2. The Kier molecular flexibility index (Phi) is 3.40. The van der Waals surface area contributed by atoms with Gasteiger partial charge in [0.15, 0.2) is 0 Å². The highest BCUT2D eigenvalue weighted by Crippen LogP contribution is 2.24. The predicted octanol–water partition coefficient (Wildman–Crippen LogP) is 0.803. The number of carbonyl (C=O) groups is 2. The number of urea groups is 1. The summed E-state index contributed by atoms with van der Waals surface area (Å²) in [5, 5.41) is 11.6. The molecule has 1 aliphatic heterocycles. The molecule has 0 spiro atoms. The summed E-state index contributed by atoms with van der Waals surface area (Å²) in [4.78, 5) is 32.0. The highest BCUT2D eigenvalue weighted by Gasteiger charge is 2.38. The minimum atomic E-state index is -0.860. The summed E-state index contributed by atoms with van der Waals surface area (Å²) in [7, 11) is 0. The lowest BCUT2D eigenvalue weighted by molar-refractivity contribution is -0.142. The summed E-state index contributed by atoms with van der Waals surface area (Å²) in [6, 6.07) is -0.631. The topological polar surface area (TPSA) is 95.4 Å². The van der Waals surface area contributed by atoms with Crippen LogP contribution in [0.1, 0.15) is 13.3 Å². The number of aromatic nitrogens is 2. The average Bonchev–Trinajstić information content (AvgIpc) is 2.72. The van der Waals surface area contributed by atoms with Crippen LogP contribution in [0, 0.1) is 5.92 Å². The van der Waals surface area contributed by atoms with Gasteiger partial charge < -0.3 is 15.3 Å². The Hall–Kier alpha value is -2.18. The molecule has 7 nitrogen and oxygen atoms in total. The second kappa shape index (κ2) is 4.99. The highest BCUT2D eigenvalue weighted by atomic mass is 16.4. The molecule has 2 unspecified atom stereocenters. The van der Waals surface area contributed by atoms with Crippen LogP contribution in [0.25, 0.3) is 0 Å². The molecule has 1 aromatic heterocycles. The third-order valence-corrected chi connectivity index (χ3v) is 3.14. The van der Waals surface area contributed by atoms with Gasteiger partial charge in [-0.25, -0.2) is 14.8 Å². The first-order chi connectivity index (χ1) is 8.59. The average molecular weight is 250 g/mol. The number of likely N-dealkylation sites (tertiary alicyclic amines) is 1. The van der Waals surface area contributed by atoms with Crippen LogP contribution < -0.4 is 5.32 Å². The number of carboxylic acid groups (broad SMARTS) is 1. The summed E-state index contributed by atoms with van der Waals surface area (Å²) in [5.74, 6) is -1.36. The molecule has 1 aromatic rings. The van der Waals surface area contributed by atoms with Gasteiger partial charge in [0, 0.05) is 12.6 Å². The van der Waals surface area contributed by atoms with Crippen LogP contribution in [0.2, 0.25) is 0 Å². The lowest BCUT2D eigenvalue weighted by Gasteiger charge is -2.23. The van der Waals surface area contributed by atoms with E-state index in [1.807, 2.05) is 0 Å². The van der Waals surface area contributed by atoms with Gasteiger partial charge >= 0.3 is 12.0 Å². The van der Waals surface area contributed by atoms with Crippen LogP contribution in [0.15, 0.2) is 18.7 Å². The zero-order valence-electron chi connectivity index (χ0n) is 9.91. The van der Waals surface area contributed by atoms with Gasteiger partial charge in [-0.2, -0.15) is 0 Å². The zero-order valence-corrected chi connectivity index (χ0v) is 9.91. The van der Waals surface area contributed by atoms with Crippen LogP contribution in [0.4, 0.5) is 10.5 Å². The molecule has 1 aliphatic rings. The zero-order chi connectivity index (χ0) is 13.1. The smallest absolute Gasteiger partial charge is 0.322 e. The first-order valence-corrected chi connectivity index (χ1v) is 5.65. The molecular weight excluding hydrogens is 236 g/mol. The van der Waals surface area contributed by atoms with Gasteiger partial charge in [-0.3, -0.25) is 4.79 Å². The third-order valence-electron chi connectivity index (χ3n) is 3.14. The van der Waals surface area contributed by atoms with Crippen LogP contribution in [-0.2, 0) is 4.79 Å². The number of amides is 2. The van der Waals surface area contributed by atoms with E-state index in [2.05, 4.69) is 15.3 Å². The van der Waals surface area contributed by atoms with E-state index < -0.39 is 11.9 Å². The Morgan fingerprint density at radius 2 is 2.11 bits per heavy atom. The Bertz CT molecular complexity index is 451. The van der Waals surface area contributed by atoms with E-state index in [1.165, 1.54) is 23.6 Å². The van der Waals surface area contributed by atoms with E-state index in [9.17, 15) is 9.59 Å². The van der Waals surface area contributed by atoms with Crippen molar-refractivity contribution in [3.05, 3.63) is 18.7 Å². The molecule has 2 atom stereocenters. The van der Waals surface area contributed by atoms with E-state index in [0.29, 0.717) is 18.7 Å². The van der Waals surface area contributed by atoms with E-state index >= 15 is 0 Å². The molecule has 1 fully saturated rings. The second-order valence-corrected chi connectivity index (χ2v) is 4.22. The number of hydrogen-bond donors (Lipinski definition) is 2. The Morgan fingerprint density at radius 3 is 2.67 bits per heavy atom. The molecule has 0 saturated carbocycles. The fourth-order valence-electron chi connectivity index (χ4n) is 2.12. The summed E-state index contributed by atoms with van der Waals surface area (Å²) in [6.07, 6.45) is 4.82. The van der Waals surface area contributed by atoms with E-state index in [4.69, 9.17) is 5.11 Å². The van der Waals surface area contributed by atoms with Gasteiger partial charge in [0.05, 0.1) is 24.0 Å². The number of nitrogens with one attached hydrogen (secondary N) is 1. The number of anilines is 1. The molecule has 2 amide bonds. The molecule has 0 aromatic carbocycles. The van der Waals surface area contributed by atoms with Crippen LogP contribution in [-0.4, -0.2) is 44.6 Å². The molecule has 7 heteroatoms. The van der Waals surface area contributed by atoms with Crippen molar-refractivity contribution in [2.45, 2.75) is 19.4 Å². The molecule has 0 radical (unpaired) electrons. The standard InChI is InChI=1S/C11H14N4O3/c1-7-9(10(16)17)2-3-15(7)11(18)14-8-4-12-6-13-5-8/h4-7,9H,2-3H2,1H3,(H,14,18)(H,16,17). The number of carboxylic acids is 1. The van der Waals surface area contributed by atoms with E-state index in [0.717, 1.165) is 0 Å². The summed E-state index contributed by atoms with van der Waals surface area (Å²) in [5.41, 5.74) is 0.494. The quantitative estimate of drug-likeness (QED) is 0.809. The van der Waals surface area contributed by atoms with Crippen LogP contribution in [0.3, 0.4) is 0 Å². The Balaban J connectivity index is 2.01. The van der Waals surface area contributed by atoms with Crippen LogP contribution in [0.5, 0.6) is 0 Å². The highest BCUT2D eigenvalue weighted by molar-refractivity contribution is 5.90. The minimum absolute atomic E-state index is 0.313. The fourth-order valence-corrected chi connectivity index (χ4v) is 2.12. The van der Waals surface area contributed by atoms with Crippen LogP contribution >= 0.6 is 0 Å². The molecule has 2 heterocycles. The molecule has 0 aliphatic carbocycles. The summed E-state index contributed by atoms with van der Waals surface area (Å²) in [6.45, 7) is 2.19. The Morgan fingerprint density at radius 1 is 1.44 bits per heavy atom. The SMILES string of the molecule is CC1C(C(=O)O)CCN1C(=O)Nc1cncnc1.